The standard InChI is InChI=1S/C48H84O22/c1-5-6-16-20-31(21-19-24-33(53)32(52)22-17-14-12-10-8-7-9-11-13-15-18-23-34(54)45(60)61)67-47-43(38(56)35(55)25-63-47)70-48-44(39(57)36(26-64-48)65-29(3)50)69-46-41(59)40(58)42(66-30(4)51)37(68-46)27-62-28(2)49/h31-44,46-48,52-59H,5-27H2,1-4H3,(H,60,61). The van der Waals surface area contributed by atoms with E-state index in [2.05, 4.69) is 0 Å². The highest BCUT2D eigenvalue weighted by molar-refractivity contribution is 5.71. The molecule has 3 heterocycles. The van der Waals surface area contributed by atoms with Crippen LogP contribution < -0.4 is 0 Å². The lowest BCUT2D eigenvalue weighted by molar-refractivity contribution is -0.380. The van der Waals surface area contributed by atoms with Crippen molar-refractivity contribution in [3.05, 3.63) is 0 Å². The molecule has 3 saturated heterocycles. The van der Waals surface area contributed by atoms with E-state index in [0.717, 1.165) is 104 Å². The highest BCUT2D eigenvalue weighted by Crippen LogP contribution is 2.33. The van der Waals surface area contributed by atoms with Crippen LogP contribution in [0.1, 0.15) is 156 Å². The second kappa shape index (κ2) is 33.2. The third kappa shape index (κ3) is 21.8. The van der Waals surface area contributed by atoms with E-state index >= 15 is 0 Å². The Morgan fingerprint density at radius 2 is 1.06 bits per heavy atom. The van der Waals surface area contributed by atoms with Crippen LogP contribution in [0.2, 0.25) is 0 Å². The first-order chi connectivity index (χ1) is 33.3. The molecule has 22 nitrogen and oxygen atoms in total. The minimum Gasteiger partial charge on any atom is -0.479 e. The van der Waals surface area contributed by atoms with Crippen molar-refractivity contribution in [1.82, 2.24) is 0 Å². The van der Waals surface area contributed by atoms with E-state index in [0.29, 0.717) is 38.5 Å². The van der Waals surface area contributed by atoms with E-state index < -0.39 is 141 Å². The van der Waals surface area contributed by atoms with Crippen LogP contribution in [0.15, 0.2) is 0 Å². The van der Waals surface area contributed by atoms with Crippen molar-refractivity contribution in [2.24, 2.45) is 0 Å². The monoisotopic (exact) mass is 1010 g/mol. The van der Waals surface area contributed by atoms with Crippen LogP contribution in [0.25, 0.3) is 0 Å². The number of aliphatic carboxylic acids is 1. The van der Waals surface area contributed by atoms with E-state index in [-0.39, 0.29) is 13.0 Å². The molecule has 17 unspecified atom stereocenters. The van der Waals surface area contributed by atoms with E-state index in [1.807, 2.05) is 6.92 Å². The van der Waals surface area contributed by atoms with Gasteiger partial charge >= 0.3 is 23.9 Å². The number of hydrogen-bond donors (Lipinski definition) is 9. The molecule has 0 aliphatic carbocycles. The Balaban J connectivity index is 1.59. The Labute approximate surface area is 411 Å². The minimum atomic E-state index is -1.94. The summed E-state index contributed by atoms with van der Waals surface area (Å²) in [6.45, 7) is 4.01. The third-order valence-corrected chi connectivity index (χ3v) is 12.8. The molecular weight excluding hydrogens is 929 g/mol. The van der Waals surface area contributed by atoms with Crippen molar-refractivity contribution in [3.63, 3.8) is 0 Å². The zero-order valence-corrected chi connectivity index (χ0v) is 41.4. The van der Waals surface area contributed by atoms with Gasteiger partial charge in [0.1, 0.15) is 55.4 Å². The van der Waals surface area contributed by atoms with Gasteiger partial charge in [0.05, 0.1) is 31.5 Å². The van der Waals surface area contributed by atoms with Gasteiger partial charge in [0.15, 0.2) is 37.2 Å². The van der Waals surface area contributed by atoms with Crippen LogP contribution in [0, 0.1) is 0 Å². The lowest BCUT2D eigenvalue weighted by atomic mass is 9.98. The maximum absolute atomic E-state index is 12.0. The smallest absolute Gasteiger partial charge is 0.332 e. The molecule has 0 amide bonds. The number of esters is 3. The summed E-state index contributed by atoms with van der Waals surface area (Å²) in [6.07, 6.45) is -8.48. The highest BCUT2D eigenvalue weighted by atomic mass is 16.8. The van der Waals surface area contributed by atoms with Gasteiger partial charge in [-0.3, -0.25) is 14.4 Å². The average molecular weight is 1010 g/mol. The quantitative estimate of drug-likeness (QED) is 0.0252. The molecule has 0 saturated carbocycles. The summed E-state index contributed by atoms with van der Waals surface area (Å²) in [5.41, 5.74) is 0. The second-order valence-electron chi connectivity index (χ2n) is 18.8. The first-order valence-corrected chi connectivity index (χ1v) is 25.3. The van der Waals surface area contributed by atoms with Gasteiger partial charge in [-0.05, 0) is 38.5 Å². The van der Waals surface area contributed by atoms with Gasteiger partial charge in [-0.1, -0.05) is 96.8 Å². The molecule has 17 atom stereocenters. The molecule has 3 aliphatic rings. The number of ether oxygens (including phenoxy) is 9. The van der Waals surface area contributed by atoms with Gasteiger partial charge in [-0.2, -0.15) is 0 Å². The molecule has 3 fully saturated rings. The van der Waals surface area contributed by atoms with E-state index in [1.54, 1.807) is 0 Å². The van der Waals surface area contributed by atoms with Crippen molar-refractivity contribution >= 4 is 23.9 Å². The fraction of sp³-hybridized carbons (Fsp3) is 0.917. The highest BCUT2D eigenvalue weighted by Gasteiger charge is 2.53. The molecule has 0 bridgehead atoms. The minimum absolute atomic E-state index is 0.287. The molecule has 0 radical (unpaired) electrons. The lowest BCUT2D eigenvalue weighted by Crippen LogP contribution is -2.65. The van der Waals surface area contributed by atoms with Gasteiger partial charge in [0.2, 0.25) is 0 Å². The second-order valence-corrected chi connectivity index (χ2v) is 18.8. The Morgan fingerprint density at radius 3 is 1.63 bits per heavy atom. The SMILES string of the molecule is CCCCCC(CCCC(O)C(O)CCCCCCCCCCCCCC(O)C(=O)O)OC1OCC(O)C(O)C1OC1OCC(OC(C)=O)C(O)C1OC1OC(COC(C)=O)C(OC(C)=O)C(O)C1O. The summed E-state index contributed by atoms with van der Waals surface area (Å²) in [5, 5.41) is 95.4. The molecule has 408 valence electrons. The molecule has 9 N–H and O–H groups in total. The van der Waals surface area contributed by atoms with Crippen LogP contribution in [-0.2, 0) is 61.8 Å². The van der Waals surface area contributed by atoms with Crippen molar-refractivity contribution in [2.45, 2.75) is 260 Å². The Bertz CT molecular complexity index is 1490. The Hall–Kier alpha value is -2.68. The number of unbranched alkanes of at least 4 members (excludes halogenated alkanes) is 12. The Kier molecular flexibility index (Phi) is 29.2. The van der Waals surface area contributed by atoms with Crippen molar-refractivity contribution in [3.8, 4) is 0 Å². The van der Waals surface area contributed by atoms with Crippen LogP contribution in [0.4, 0.5) is 0 Å². The number of hydrogen-bond acceptors (Lipinski definition) is 21. The van der Waals surface area contributed by atoms with Crippen molar-refractivity contribution in [2.75, 3.05) is 19.8 Å². The molecule has 3 aliphatic heterocycles. The molecule has 0 spiro atoms. The summed E-state index contributed by atoms with van der Waals surface area (Å²) >= 11 is 0. The van der Waals surface area contributed by atoms with Crippen molar-refractivity contribution in [1.29, 1.82) is 0 Å². The van der Waals surface area contributed by atoms with Crippen LogP contribution in [0.5, 0.6) is 0 Å². The van der Waals surface area contributed by atoms with Crippen molar-refractivity contribution < 1.29 is 108 Å². The zero-order valence-electron chi connectivity index (χ0n) is 41.4. The molecule has 3 rings (SSSR count). The summed E-state index contributed by atoms with van der Waals surface area (Å²) < 4.78 is 51.7. The molecule has 0 aromatic carbocycles. The molecule has 22 heteroatoms. The predicted molar refractivity (Wildman–Crippen MR) is 244 cm³/mol. The average Bonchev–Trinajstić information content (AvgIpc) is 3.30. The normalized spacial score (nSPS) is 31.0. The summed E-state index contributed by atoms with van der Waals surface area (Å²) in [5.74, 6) is -3.52. The first-order valence-electron chi connectivity index (χ1n) is 25.3. The van der Waals surface area contributed by atoms with Crippen LogP contribution in [0.3, 0.4) is 0 Å². The number of carboxylic acids is 1. The van der Waals surface area contributed by atoms with E-state index in [9.17, 15) is 60.0 Å². The number of carbonyl (C=O) groups is 4. The predicted octanol–water partition coefficient (Wildman–Crippen LogP) is 1.80. The zero-order chi connectivity index (χ0) is 51.8. The fourth-order valence-corrected chi connectivity index (χ4v) is 8.80. The number of carboxylic acid groups (broad SMARTS) is 1. The molecular formula is C48H84O22. The van der Waals surface area contributed by atoms with E-state index in [4.69, 9.17) is 47.7 Å². The summed E-state index contributed by atoms with van der Waals surface area (Å²) in [6, 6.07) is 0. The molecule has 0 aromatic heterocycles. The third-order valence-electron chi connectivity index (χ3n) is 12.8. The van der Waals surface area contributed by atoms with Crippen LogP contribution in [-0.4, -0.2) is 194 Å². The van der Waals surface area contributed by atoms with Gasteiger partial charge in [-0.15, -0.1) is 0 Å². The molecule has 0 aromatic rings. The summed E-state index contributed by atoms with van der Waals surface area (Å²) in [7, 11) is 0. The van der Waals surface area contributed by atoms with Gasteiger partial charge < -0.3 is 88.6 Å². The largest absolute Gasteiger partial charge is 0.479 e. The van der Waals surface area contributed by atoms with Crippen LogP contribution >= 0.6 is 0 Å². The van der Waals surface area contributed by atoms with E-state index in [1.165, 1.54) is 0 Å². The van der Waals surface area contributed by atoms with Gasteiger partial charge in [-0.25, -0.2) is 4.79 Å². The lowest BCUT2D eigenvalue weighted by Gasteiger charge is -2.47. The Morgan fingerprint density at radius 1 is 0.543 bits per heavy atom. The maximum Gasteiger partial charge on any atom is 0.332 e. The first kappa shape index (κ1) is 61.6. The fourth-order valence-electron chi connectivity index (χ4n) is 8.80. The topological polar surface area (TPSA) is 333 Å². The summed E-state index contributed by atoms with van der Waals surface area (Å²) in [4.78, 5) is 46.2. The van der Waals surface area contributed by atoms with Gasteiger partial charge in [0.25, 0.3) is 0 Å². The van der Waals surface area contributed by atoms with Gasteiger partial charge in [0, 0.05) is 20.8 Å². The number of aliphatic hydroxyl groups excluding tert-OH is 8. The number of aliphatic hydroxyl groups is 8. The molecule has 70 heavy (non-hydrogen) atoms. The number of carbonyl (C=O) groups excluding carboxylic acids is 3. The number of rotatable bonds is 34. The maximum atomic E-state index is 12.0.